The van der Waals surface area contributed by atoms with Crippen LogP contribution in [0.25, 0.3) is 11.4 Å². The molecule has 10 nitrogen and oxygen atoms in total. The number of nitrogens with zero attached hydrogens (tertiary/aromatic N) is 4. The van der Waals surface area contributed by atoms with E-state index in [0.29, 0.717) is 22.9 Å². The van der Waals surface area contributed by atoms with Gasteiger partial charge in [-0.25, -0.2) is 9.48 Å². The molecule has 0 unspecified atom stereocenters. The van der Waals surface area contributed by atoms with E-state index in [9.17, 15) is 9.59 Å². The summed E-state index contributed by atoms with van der Waals surface area (Å²) in [5, 5.41) is 7.67. The van der Waals surface area contributed by atoms with Gasteiger partial charge in [0.15, 0.2) is 23.8 Å². The molecule has 10 heteroatoms. The molecule has 2 heterocycles. The molecule has 0 saturated heterocycles. The highest BCUT2D eigenvalue weighted by atomic mass is 16.6. The number of carbonyl (C=O) groups excluding carboxylic acids is 1. The van der Waals surface area contributed by atoms with Gasteiger partial charge in [-0.3, -0.25) is 4.79 Å². The summed E-state index contributed by atoms with van der Waals surface area (Å²) in [6.07, 6.45) is 0. The van der Waals surface area contributed by atoms with Crippen molar-refractivity contribution >= 4 is 5.97 Å². The molecule has 0 spiro atoms. The zero-order valence-corrected chi connectivity index (χ0v) is 14.8. The van der Waals surface area contributed by atoms with Gasteiger partial charge in [0.2, 0.25) is 5.82 Å². The third kappa shape index (κ3) is 3.94. The quantitative estimate of drug-likeness (QED) is 0.588. The van der Waals surface area contributed by atoms with Crippen LogP contribution >= 0.6 is 0 Å². The molecule has 3 rings (SSSR count). The number of rotatable bonds is 6. The maximum absolute atomic E-state index is 12.0. The Morgan fingerprint density at radius 2 is 1.93 bits per heavy atom. The second kappa shape index (κ2) is 7.68. The van der Waals surface area contributed by atoms with Crippen LogP contribution in [0.15, 0.2) is 39.6 Å². The number of hydrogen-bond acceptors (Lipinski definition) is 9. The molecule has 0 radical (unpaired) electrons. The fourth-order valence-corrected chi connectivity index (χ4v) is 2.22. The van der Waals surface area contributed by atoms with Crippen molar-refractivity contribution in [3.05, 3.63) is 52.3 Å². The molecule has 0 aliphatic carbocycles. The molecule has 0 bridgehead atoms. The molecule has 27 heavy (non-hydrogen) atoms. The van der Waals surface area contributed by atoms with Crippen LogP contribution in [0.4, 0.5) is 0 Å². The number of benzene rings is 1. The van der Waals surface area contributed by atoms with Crippen molar-refractivity contribution in [2.45, 2.75) is 6.61 Å². The van der Waals surface area contributed by atoms with Gasteiger partial charge in [0.05, 0.1) is 14.2 Å². The van der Waals surface area contributed by atoms with E-state index < -0.39 is 5.97 Å². The predicted octanol–water partition coefficient (Wildman–Crippen LogP) is 1.20. The smallest absolute Gasteiger partial charge is 0.359 e. The highest BCUT2D eigenvalue weighted by Gasteiger charge is 2.15. The molecule has 0 fully saturated rings. The van der Waals surface area contributed by atoms with Crippen molar-refractivity contribution in [3.63, 3.8) is 0 Å². The van der Waals surface area contributed by atoms with Crippen molar-refractivity contribution in [2.24, 2.45) is 7.05 Å². The maximum Gasteiger partial charge on any atom is 0.359 e. The molecule has 0 N–H and O–H groups in total. The fraction of sp³-hybridized carbons (Fsp3) is 0.235. The van der Waals surface area contributed by atoms with Gasteiger partial charge in [-0.15, -0.1) is 0 Å². The normalized spacial score (nSPS) is 10.5. The number of aromatic nitrogens is 4. The summed E-state index contributed by atoms with van der Waals surface area (Å²) in [6, 6.07) is 7.68. The Hall–Kier alpha value is -3.69. The lowest BCUT2D eigenvalue weighted by atomic mass is 10.2. The van der Waals surface area contributed by atoms with Crippen LogP contribution in [0.5, 0.6) is 11.5 Å². The Morgan fingerprint density at radius 3 is 2.63 bits per heavy atom. The maximum atomic E-state index is 12.0. The van der Waals surface area contributed by atoms with Crippen LogP contribution in [0.2, 0.25) is 0 Å². The van der Waals surface area contributed by atoms with Crippen molar-refractivity contribution in [3.8, 4) is 22.9 Å². The Morgan fingerprint density at radius 1 is 1.15 bits per heavy atom. The summed E-state index contributed by atoms with van der Waals surface area (Å²) < 4.78 is 21.6. The number of ether oxygens (including phenoxy) is 3. The average Bonchev–Trinajstić information content (AvgIpc) is 3.16. The van der Waals surface area contributed by atoms with E-state index in [2.05, 4.69) is 15.2 Å². The summed E-state index contributed by atoms with van der Waals surface area (Å²) in [5.74, 6) is 0.800. The number of methoxy groups -OCH3 is 2. The molecule has 2 aromatic heterocycles. The van der Waals surface area contributed by atoms with Crippen molar-refractivity contribution < 1.29 is 23.5 Å². The zero-order valence-electron chi connectivity index (χ0n) is 14.8. The molecule has 0 aliphatic rings. The van der Waals surface area contributed by atoms with Gasteiger partial charge in [-0.2, -0.15) is 10.1 Å². The number of aryl methyl sites for hydroxylation is 1. The first-order valence-corrected chi connectivity index (χ1v) is 7.78. The first-order valence-electron chi connectivity index (χ1n) is 7.78. The van der Waals surface area contributed by atoms with E-state index in [-0.39, 0.29) is 23.8 Å². The molecule has 0 saturated carbocycles. The number of esters is 1. The van der Waals surface area contributed by atoms with Crippen LogP contribution in [-0.2, 0) is 18.4 Å². The average molecular weight is 372 g/mol. The van der Waals surface area contributed by atoms with Gasteiger partial charge >= 0.3 is 5.97 Å². The summed E-state index contributed by atoms with van der Waals surface area (Å²) in [6.45, 7) is -0.232. The molecular formula is C17H16N4O6. The van der Waals surface area contributed by atoms with E-state index in [1.54, 1.807) is 18.2 Å². The Kier molecular flexibility index (Phi) is 5.15. The SMILES string of the molecule is COc1ccc(-c2noc(COC(=O)c3ccc(=O)n(C)n3)n2)cc1OC. The van der Waals surface area contributed by atoms with E-state index in [4.69, 9.17) is 18.7 Å². The monoisotopic (exact) mass is 372 g/mol. The van der Waals surface area contributed by atoms with E-state index in [1.807, 2.05) is 0 Å². The van der Waals surface area contributed by atoms with Gasteiger partial charge in [0.1, 0.15) is 0 Å². The largest absolute Gasteiger partial charge is 0.493 e. The fourth-order valence-electron chi connectivity index (χ4n) is 2.22. The topological polar surface area (TPSA) is 119 Å². The standard InChI is InChI=1S/C17H16N4O6/c1-21-15(22)7-5-11(19-21)17(23)26-9-14-18-16(20-27-14)10-4-6-12(24-2)13(8-10)25-3/h4-8H,9H2,1-3H3. The third-order valence-electron chi connectivity index (χ3n) is 3.61. The lowest BCUT2D eigenvalue weighted by molar-refractivity contribution is 0.0420. The second-order valence-corrected chi connectivity index (χ2v) is 5.34. The van der Waals surface area contributed by atoms with Crippen molar-refractivity contribution in [1.82, 2.24) is 19.9 Å². The van der Waals surface area contributed by atoms with Crippen molar-refractivity contribution in [2.75, 3.05) is 14.2 Å². The number of carbonyl (C=O) groups is 1. The molecule has 0 amide bonds. The Bertz CT molecular complexity index is 1030. The lowest BCUT2D eigenvalue weighted by Crippen LogP contribution is -2.21. The predicted molar refractivity (Wildman–Crippen MR) is 91.4 cm³/mol. The lowest BCUT2D eigenvalue weighted by Gasteiger charge is -2.07. The van der Waals surface area contributed by atoms with E-state index in [1.165, 1.54) is 33.4 Å². The molecule has 0 atom stereocenters. The van der Waals surface area contributed by atoms with Crippen LogP contribution in [0.1, 0.15) is 16.4 Å². The van der Waals surface area contributed by atoms with E-state index >= 15 is 0 Å². The van der Waals surface area contributed by atoms with Gasteiger partial charge in [-0.1, -0.05) is 5.16 Å². The van der Waals surface area contributed by atoms with Crippen LogP contribution < -0.4 is 15.0 Å². The van der Waals surface area contributed by atoms with Gasteiger partial charge in [0, 0.05) is 18.7 Å². The van der Waals surface area contributed by atoms with Gasteiger partial charge in [0.25, 0.3) is 11.4 Å². The van der Waals surface area contributed by atoms with E-state index in [0.717, 1.165) is 4.68 Å². The van der Waals surface area contributed by atoms with Gasteiger partial charge in [-0.05, 0) is 24.3 Å². The first kappa shape index (κ1) is 18.1. The molecule has 140 valence electrons. The third-order valence-corrected chi connectivity index (χ3v) is 3.61. The molecule has 1 aromatic carbocycles. The Labute approximate surface area is 153 Å². The minimum absolute atomic E-state index is 0.00303. The minimum atomic E-state index is -0.712. The zero-order chi connectivity index (χ0) is 19.4. The molecule has 3 aromatic rings. The molecular weight excluding hydrogens is 356 g/mol. The minimum Gasteiger partial charge on any atom is -0.493 e. The molecule has 0 aliphatic heterocycles. The number of hydrogen-bond donors (Lipinski definition) is 0. The Balaban J connectivity index is 1.70. The van der Waals surface area contributed by atoms with Gasteiger partial charge < -0.3 is 18.7 Å². The second-order valence-electron chi connectivity index (χ2n) is 5.34. The summed E-state index contributed by atoms with van der Waals surface area (Å²) in [4.78, 5) is 27.5. The van der Waals surface area contributed by atoms with Crippen molar-refractivity contribution in [1.29, 1.82) is 0 Å². The highest BCUT2D eigenvalue weighted by Crippen LogP contribution is 2.31. The highest BCUT2D eigenvalue weighted by molar-refractivity contribution is 5.86. The van der Waals surface area contributed by atoms with Crippen LogP contribution in [0.3, 0.4) is 0 Å². The first-order chi connectivity index (χ1) is 13.0. The summed E-state index contributed by atoms with van der Waals surface area (Å²) in [7, 11) is 4.50. The van der Waals surface area contributed by atoms with Crippen LogP contribution in [-0.4, -0.2) is 40.1 Å². The summed E-state index contributed by atoms with van der Waals surface area (Å²) in [5.41, 5.74) is 0.313. The summed E-state index contributed by atoms with van der Waals surface area (Å²) >= 11 is 0. The van der Waals surface area contributed by atoms with Crippen LogP contribution in [0, 0.1) is 0 Å².